The molecule has 0 unspecified atom stereocenters. The summed E-state index contributed by atoms with van der Waals surface area (Å²) in [6.45, 7) is 18.7. The number of rotatable bonds is 24. The van der Waals surface area contributed by atoms with Gasteiger partial charge >= 0.3 is 0 Å². The van der Waals surface area contributed by atoms with Crippen molar-refractivity contribution in [2.24, 2.45) is 22.7 Å². The molecule has 0 radical (unpaired) electrons. The van der Waals surface area contributed by atoms with Crippen LogP contribution in [0.15, 0.2) is 119 Å². The molecule has 6 rings (SSSR count). The number of nitrogens with one attached hydrogen (secondary N) is 2. The largest absolute Gasteiger partial charge is 0.344 e. The van der Waals surface area contributed by atoms with Gasteiger partial charge in [0.25, 0.3) is 0 Å². The average Bonchev–Trinajstić information content (AvgIpc) is 4.08. The summed E-state index contributed by atoms with van der Waals surface area (Å²) in [5, 5.41) is 6.02. The summed E-state index contributed by atoms with van der Waals surface area (Å²) in [5.41, 5.74) is 2.26. The highest BCUT2D eigenvalue weighted by Gasteiger charge is 2.43. The van der Waals surface area contributed by atoms with E-state index in [1.807, 2.05) is 116 Å². The lowest BCUT2D eigenvalue weighted by Gasteiger charge is -2.37. The van der Waals surface area contributed by atoms with Gasteiger partial charge in [-0.25, -0.2) is 16.8 Å². The highest BCUT2D eigenvalue weighted by molar-refractivity contribution is 7.89. The van der Waals surface area contributed by atoms with Crippen molar-refractivity contribution in [3.8, 4) is 11.1 Å². The van der Waals surface area contributed by atoms with Gasteiger partial charge in [-0.2, -0.15) is 8.61 Å². The second kappa shape index (κ2) is 25.9. The smallest absolute Gasteiger partial charge is 0.245 e. The lowest BCUT2D eigenvalue weighted by atomic mass is 9.76. The Balaban J connectivity index is 1.23. The van der Waals surface area contributed by atoms with Crippen molar-refractivity contribution in [2.45, 2.75) is 148 Å². The molecule has 4 aromatic carbocycles. The Labute approximate surface area is 454 Å². The molecule has 76 heavy (non-hydrogen) atoms. The zero-order valence-electron chi connectivity index (χ0n) is 46.6. The molecule has 2 fully saturated rings. The van der Waals surface area contributed by atoms with Crippen LogP contribution in [0.5, 0.6) is 0 Å². The maximum atomic E-state index is 14.8. The Bertz CT molecular complexity index is 2610. The number of benzene rings is 4. The average molecular weight is 1080 g/mol. The molecule has 4 aromatic rings. The van der Waals surface area contributed by atoms with E-state index in [4.69, 9.17) is 0 Å². The first kappa shape index (κ1) is 60.0. The quantitative estimate of drug-likeness (QED) is 0.0697. The van der Waals surface area contributed by atoms with Crippen LogP contribution >= 0.6 is 0 Å². The fraction of sp³-hybridized carbons (Fsp3) is 0.533. The molecule has 0 aromatic heterocycles. The van der Waals surface area contributed by atoms with Crippen LogP contribution in [0.25, 0.3) is 11.1 Å². The first-order valence-corrected chi connectivity index (χ1v) is 30.1. The number of Topliss-reactive ketones (excluding diaryl/α,β-unsaturated/α-hetero) is 1. The zero-order chi connectivity index (χ0) is 55.6. The number of hydrogen-bond acceptors (Lipinski definition) is 9. The Hall–Kier alpha value is -5.26. The van der Waals surface area contributed by atoms with E-state index < -0.39 is 54.9 Å². The van der Waals surface area contributed by atoms with Crippen LogP contribution in [0.1, 0.15) is 112 Å². The van der Waals surface area contributed by atoms with Crippen LogP contribution in [0.3, 0.4) is 0 Å². The van der Waals surface area contributed by atoms with Gasteiger partial charge in [-0.3, -0.25) is 19.2 Å². The van der Waals surface area contributed by atoms with Gasteiger partial charge in [-0.15, -0.1) is 0 Å². The Kier molecular flexibility index (Phi) is 20.5. The van der Waals surface area contributed by atoms with Crippen LogP contribution in [0.4, 0.5) is 0 Å². The second-order valence-electron chi connectivity index (χ2n) is 23.1. The van der Waals surface area contributed by atoms with Gasteiger partial charge in [0.05, 0.1) is 15.8 Å². The lowest BCUT2D eigenvalue weighted by molar-refractivity contribution is -0.143. The Morgan fingerprint density at radius 1 is 0.618 bits per heavy atom. The topological polar surface area (TPSA) is 174 Å². The highest BCUT2D eigenvalue weighted by Crippen LogP contribution is 2.35. The van der Waals surface area contributed by atoms with Crippen LogP contribution in [-0.4, -0.2) is 129 Å². The van der Waals surface area contributed by atoms with Crippen molar-refractivity contribution in [3.63, 3.8) is 0 Å². The van der Waals surface area contributed by atoms with E-state index in [2.05, 4.69) is 10.6 Å². The van der Waals surface area contributed by atoms with E-state index in [0.29, 0.717) is 62.7 Å². The molecule has 2 N–H and O–H groups in total. The van der Waals surface area contributed by atoms with Gasteiger partial charge in [-0.1, -0.05) is 140 Å². The standard InChI is InChI=1S/C60H84N6O8S2/c1-11-43(2)56(68)62-55(60(7,8)9)58(70)66-37-19-25-50(66)42-64(39-35-46-22-16-13-17-23-46)76(73,74)52-32-28-48(29-33-52)47-26-30-51(31-27-47)75(71,72)63(38-34-45-20-14-12-15-21-45)41-49-24-18-36-65(49)57(69)53(59(4,5)6)40-54(67)44(3)61-10/h12-17,20-23,26-33,43-44,49-50,53,55,61H,11,18-19,24-25,34-42H2,1-10H3,(H,62,68)/t43-,44+,49+,50+,53-,55-/m1/s1. The van der Waals surface area contributed by atoms with E-state index in [0.717, 1.165) is 17.5 Å². The molecule has 2 saturated heterocycles. The molecule has 6 atom stereocenters. The molecule has 0 bridgehead atoms. The second-order valence-corrected chi connectivity index (χ2v) is 27.0. The number of hydrogen-bond donors (Lipinski definition) is 2. The summed E-state index contributed by atoms with van der Waals surface area (Å²) in [7, 11) is -6.46. The first-order valence-electron chi connectivity index (χ1n) is 27.3. The summed E-state index contributed by atoms with van der Waals surface area (Å²) in [6.07, 6.45) is 4.33. The van der Waals surface area contributed by atoms with Crippen molar-refractivity contribution in [3.05, 3.63) is 120 Å². The van der Waals surface area contributed by atoms with E-state index in [-0.39, 0.29) is 77.9 Å². The fourth-order valence-electron chi connectivity index (χ4n) is 10.2. The number of ketones is 1. The zero-order valence-corrected chi connectivity index (χ0v) is 48.3. The van der Waals surface area contributed by atoms with Crippen molar-refractivity contribution in [2.75, 3.05) is 46.3 Å². The fourth-order valence-corrected chi connectivity index (χ4v) is 13.2. The van der Waals surface area contributed by atoms with Crippen molar-refractivity contribution in [1.29, 1.82) is 0 Å². The molecule has 14 nitrogen and oxygen atoms in total. The van der Waals surface area contributed by atoms with Gasteiger partial charge < -0.3 is 20.4 Å². The normalized spacial score (nSPS) is 18.2. The van der Waals surface area contributed by atoms with Crippen molar-refractivity contribution in [1.82, 2.24) is 29.0 Å². The molecule has 0 spiro atoms. The number of carbonyl (C=O) groups excluding carboxylic acids is 4. The number of sulfonamides is 2. The van der Waals surface area contributed by atoms with Crippen LogP contribution in [0, 0.1) is 22.7 Å². The first-order chi connectivity index (χ1) is 35.9. The third kappa shape index (κ3) is 15.1. The minimum Gasteiger partial charge on any atom is -0.344 e. The summed E-state index contributed by atoms with van der Waals surface area (Å²) in [6, 6.07) is 30.6. The Morgan fingerprint density at radius 3 is 1.42 bits per heavy atom. The van der Waals surface area contributed by atoms with E-state index in [1.165, 1.54) is 8.61 Å². The molecule has 2 heterocycles. The van der Waals surface area contributed by atoms with Crippen LogP contribution in [-0.2, 0) is 52.1 Å². The summed E-state index contributed by atoms with van der Waals surface area (Å²) < 4.78 is 62.1. The summed E-state index contributed by atoms with van der Waals surface area (Å²) in [4.78, 5) is 58.8. The monoisotopic (exact) mass is 1080 g/mol. The molecular weight excluding hydrogens is 997 g/mol. The number of likely N-dealkylation sites (tertiary alicyclic amines) is 2. The number of likely N-dealkylation sites (N-methyl/N-ethyl adjacent to an activating group) is 1. The van der Waals surface area contributed by atoms with Crippen molar-refractivity contribution < 1.29 is 36.0 Å². The molecular formula is C60H84N6O8S2. The highest BCUT2D eigenvalue weighted by atomic mass is 32.2. The summed E-state index contributed by atoms with van der Waals surface area (Å²) in [5.74, 6) is -1.40. The molecule has 0 saturated carbocycles. The van der Waals surface area contributed by atoms with Gasteiger partial charge in [0, 0.05) is 69.6 Å². The molecule has 2 aliphatic heterocycles. The molecule has 3 amide bonds. The van der Waals surface area contributed by atoms with Gasteiger partial charge in [-0.05, 0) is 116 Å². The number of nitrogens with zero attached hydrogens (tertiary/aromatic N) is 4. The summed E-state index contributed by atoms with van der Waals surface area (Å²) >= 11 is 0. The molecule has 414 valence electrons. The van der Waals surface area contributed by atoms with E-state index in [1.54, 1.807) is 72.3 Å². The molecule has 0 aliphatic carbocycles. The van der Waals surface area contributed by atoms with Gasteiger partial charge in [0.2, 0.25) is 37.8 Å². The Morgan fingerprint density at radius 2 is 1.04 bits per heavy atom. The third-order valence-corrected chi connectivity index (χ3v) is 19.3. The van der Waals surface area contributed by atoms with Crippen molar-refractivity contribution >= 4 is 43.6 Å². The molecule has 2 aliphatic rings. The van der Waals surface area contributed by atoms with Gasteiger partial charge in [0.15, 0.2) is 0 Å². The van der Waals surface area contributed by atoms with Gasteiger partial charge in [0.1, 0.15) is 11.8 Å². The SMILES string of the molecule is CC[C@@H](C)C(=O)N[C@H](C(=O)N1CCC[C@H]1CN(CCc1ccccc1)S(=O)(=O)c1ccc(-c2ccc(S(=O)(=O)N(CCc3ccccc3)C[C@@H]3CCCN3C(=O)[C@@H](CC(=O)[C@H](C)NC)C(C)(C)C)cc2)cc1)C(C)(C)C. The molecule has 16 heteroatoms. The van der Waals surface area contributed by atoms with Crippen LogP contribution in [0.2, 0.25) is 0 Å². The van der Waals surface area contributed by atoms with Crippen LogP contribution < -0.4 is 10.6 Å². The maximum absolute atomic E-state index is 14.8. The number of amides is 3. The number of carbonyl (C=O) groups is 4. The minimum absolute atomic E-state index is 0.0436. The van der Waals surface area contributed by atoms with E-state index >= 15 is 0 Å². The maximum Gasteiger partial charge on any atom is 0.245 e. The predicted molar refractivity (Wildman–Crippen MR) is 301 cm³/mol. The van der Waals surface area contributed by atoms with E-state index in [9.17, 15) is 36.0 Å². The predicted octanol–water partition coefficient (Wildman–Crippen LogP) is 8.61. The lowest BCUT2D eigenvalue weighted by Crippen LogP contribution is -2.57. The third-order valence-electron chi connectivity index (χ3n) is 15.6. The minimum atomic E-state index is -4.09.